The molecule has 1 saturated heterocycles. The molecule has 0 aliphatic carbocycles. The van der Waals surface area contributed by atoms with E-state index in [2.05, 4.69) is 15.6 Å². The van der Waals surface area contributed by atoms with Crippen molar-refractivity contribution in [1.29, 1.82) is 0 Å². The molecule has 1 atom stereocenters. The van der Waals surface area contributed by atoms with Crippen LogP contribution >= 0.6 is 0 Å². The van der Waals surface area contributed by atoms with E-state index in [9.17, 15) is 13.2 Å². The lowest BCUT2D eigenvalue weighted by atomic mass is 10.1. The molecule has 1 unspecified atom stereocenters. The Labute approximate surface area is 161 Å². The van der Waals surface area contributed by atoms with E-state index in [0.717, 1.165) is 5.56 Å². The van der Waals surface area contributed by atoms with Gasteiger partial charge in [-0.2, -0.15) is 0 Å². The van der Waals surface area contributed by atoms with Gasteiger partial charge in [0, 0.05) is 38.3 Å². The number of aliphatic hydroxyl groups is 1. The van der Waals surface area contributed by atoms with Gasteiger partial charge in [0.2, 0.25) is 0 Å². The second-order valence-corrected chi connectivity index (χ2v) is 6.66. The first-order valence-electron chi connectivity index (χ1n) is 9.06. The summed E-state index contributed by atoms with van der Waals surface area (Å²) in [5.41, 5.74) is 1.04. The monoisotopic (exact) mass is 392 g/mol. The van der Waals surface area contributed by atoms with Gasteiger partial charge in [-0.1, -0.05) is 12.1 Å². The van der Waals surface area contributed by atoms with Crippen LogP contribution in [0, 0.1) is 17.5 Å². The number of rotatable bonds is 5. The van der Waals surface area contributed by atoms with Crippen molar-refractivity contribution in [3.63, 3.8) is 0 Å². The first kappa shape index (κ1) is 20.0. The molecule has 0 aromatic heterocycles. The predicted molar refractivity (Wildman–Crippen MR) is 103 cm³/mol. The topological polar surface area (TPSA) is 59.9 Å². The number of aliphatic hydroxyl groups excluding tert-OH is 1. The van der Waals surface area contributed by atoms with Crippen molar-refractivity contribution in [2.24, 2.45) is 4.99 Å². The highest BCUT2D eigenvalue weighted by Crippen LogP contribution is 2.26. The normalized spacial score (nSPS) is 17.1. The van der Waals surface area contributed by atoms with Crippen molar-refractivity contribution in [1.82, 2.24) is 10.6 Å². The second-order valence-electron chi connectivity index (χ2n) is 6.66. The first-order chi connectivity index (χ1) is 13.5. The summed E-state index contributed by atoms with van der Waals surface area (Å²) in [7, 11) is 1.63. The van der Waals surface area contributed by atoms with Crippen LogP contribution in [0.4, 0.5) is 18.9 Å². The van der Waals surface area contributed by atoms with Gasteiger partial charge in [-0.05, 0) is 36.2 Å². The quantitative estimate of drug-likeness (QED) is 0.541. The third-order valence-electron chi connectivity index (χ3n) is 4.75. The van der Waals surface area contributed by atoms with Gasteiger partial charge in [-0.15, -0.1) is 0 Å². The van der Waals surface area contributed by atoms with E-state index in [0.29, 0.717) is 32.0 Å². The minimum absolute atomic E-state index is 0.00223. The second kappa shape index (κ2) is 8.97. The van der Waals surface area contributed by atoms with Crippen molar-refractivity contribution in [3.8, 4) is 0 Å². The minimum atomic E-state index is -0.570. The number of anilines is 1. The number of hydrogen-bond acceptors (Lipinski definition) is 3. The van der Waals surface area contributed by atoms with Crippen LogP contribution in [0.5, 0.6) is 0 Å². The number of guanidine groups is 1. The van der Waals surface area contributed by atoms with Gasteiger partial charge < -0.3 is 20.6 Å². The fraction of sp³-hybridized carbons (Fsp3) is 0.350. The van der Waals surface area contributed by atoms with Crippen LogP contribution in [0.1, 0.15) is 17.5 Å². The molecular formula is C20H23F3N4O. The summed E-state index contributed by atoms with van der Waals surface area (Å²) < 4.78 is 41.4. The number of para-hydroxylation sites is 1. The fourth-order valence-electron chi connectivity index (χ4n) is 3.31. The Morgan fingerprint density at radius 3 is 2.61 bits per heavy atom. The molecule has 0 bridgehead atoms. The van der Waals surface area contributed by atoms with Gasteiger partial charge in [0.05, 0.1) is 6.61 Å². The van der Waals surface area contributed by atoms with E-state index in [1.54, 1.807) is 24.1 Å². The first-order valence-corrected chi connectivity index (χ1v) is 9.06. The van der Waals surface area contributed by atoms with Crippen LogP contribution in [-0.2, 0) is 13.2 Å². The summed E-state index contributed by atoms with van der Waals surface area (Å²) in [5, 5.41) is 15.5. The van der Waals surface area contributed by atoms with E-state index in [1.165, 1.54) is 24.3 Å². The van der Waals surface area contributed by atoms with E-state index in [-0.39, 0.29) is 23.9 Å². The minimum Gasteiger partial charge on any atom is -0.392 e. The molecule has 0 saturated carbocycles. The zero-order valence-electron chi connectivity index (χ0n) is 15.6. The molecule has 8 heteroatoms. The largest absolute Gasteiger partial charge is 0.392 e. The van der Waals surface area contributed by atoms with Crippen LogP contribution in [0.15, 0.2) is 41.4 Å². The molecule has 0 amide bonds. The number of halogens is 3. The van der Waals surface area contributed by atoms with E-state index in [1.807, 2.05) is 0 Å². The Hall–Kier alpha value is -2.74. The lowest BCUT2D eigenvalue weighted by molar-refractivity contribution is 0.275. The van der Waals surface area contributed by atoms with Crippen molar-refractivity contribution in [3.05, 3.63) is 65.0 Å². The number of nitrogens with one attached hydrogen (secondary N) is 2. The van der Waals surface area contributed by atoms with Gasteiger partial charge >= 0.3 is 0 Å². The van der Waals surface area contributed by atoms with Gasteiger partial charge in [0.1, 0.15) is 23.1 Å². The Bertz CT molecular complexity index is 839. The fourth-order valence-corrected chi connectivity index (χ4v) is 3.31. The predicted octanol–water partition coefficient (Wildman–Crippen LogP) is 2.54. The molecule has 1 aliphatic rings. The van der Waals surface area contributed by atoms with E-state index < -0.39 is 17.5 Å². The third-order valence-corrected chi connectivity index (χ3v) is 4.75. The SMILES string of the molecule is CN=C(NCc1ccc(F)c(CO)c1)NC1CCN(c2c(F)cccc2F)C1. The highest BCUT2D eigenvalue weighted by atomic mass is 19.1. The average molecular weight is 392 g/mol. The van der Waals surface area contributed by atoms with Gasteiger partial charge in [0.25, 0.3) is 0 Å². The standard InChI is InChI=1S/C20H23F3N4O/c1-24-20(25-10-13-5-6-16(21)14(9-13)12-28)26-15-7-8-27(11-15)19-17(22)3-2-4-18(19)23/h2-6,9,15,28H,7-8,10-12H2,1H3,(H2,24,25,26). The maximum atomic E-state index is 14.0. The molecule has 28 heavy (non-hydrogen) atoms. The maximum Gasteiger partial charge on any atom is 0.191 e. The average Bonchev–Trinajstić information content (AvgIpc) is 3.14. The van der Waals surface area contributed by atoms with Crippen LogP contribution in [0.3, 0.4) is 0 Å². The molecule has 5 nitrogen and oxygen atoms in total. The van der Waals surface area contributed by atoms with E-state index >= 15 is 0 Å². The van der Waals surface area contributed by atoms with Crippen molar-refractivity contribution in [2.45, 2.75) is 25.6 Å². The van der Waals surface area contributed by atoms with Crippen molar-refractivity contribution < 1.29 is 18.3 Å². The molecule has 3 N–H and O–H groups in total. The molecule has 1 aliphatic heterocycles. The molecule has 2 aromatic carbocycles. The highest BCUT2D eigenvalue weighted by Gasteiger charge is 2.27. The number of benzene rings is 2. The van der Waals surface area contributed by atoms with Crippen LogP contribution in [0.25, 0.3) is 0 Å². The van der Waals surface area contributed by atoms with Crippen LogP contribution in [0.2, 0.25) is 0 Å². The molecule has 0 radical (unpaired) electrons. The summed E-state index contributed by atoms with van der Waals surface area (Å²) in [4.78, 5) is 5.85. The molecule has 0 spiro atoms. The Morgan fingerprint density at radius 2 is 1.93 bits per heavy atom. The van der Waals surface area contributed by atoms with Crippen molar-refractivity contribution in [2.75, 3.05) is 25.0 Å². The molecular weight excluding hydrogens is 369 g/mol. The zero-order valence-corrected chi connectivity index (χ0v) is 15.6. The summed E-state index contributed by atoms with van der Waals surface area (Å²) in [6.45, 7) is 1.01. The lowest BCUT2D eigenvalue weighted by Gasteiger charge is -2.21. The number of aliphatic imine (C=N–C) groups is 1. The Balaban J connectivity index is 1.57. The molecule has 2 aromatic rings. The summed E-state index contributed by atoms with van der Waals surface area (Å²) in [5.74, 6) is -1.05. The van der Waals surface area contributed by atoms with Crippen molar-refractivity contribution >= 4 is 11.6 Å². The maximum absolute atomic E-state index is 14.0. The summed E-state index contributed by atoms with van der Waals surface area (Å²) in [6, 6.07) is 8.37. The molecule has 1 fully saturated rings. The number of hydrogen-bond donors (Lipinski definition) is 3. The van der Waals surface area contributed by atoms with E-state index in [4.69, 9.17) is 5.11 Å². The van der Waals surface area contributed by atoms with Gasteiger partial charge in [0.15, 0.2) is 5.96 Å². The van der Waals surface area contributed by atoms with Crippen LogP contribution < -0.4 is 15.5 Å². The smallest absolute Gasteiger partial charge is 0.191 e. The Morgan fingerprint density at radius 1 is 1.18 bits per heavy atom. The molecule has 3 rings (SSSR count). The van der Waals surface area contributed by atoms with Gasteiger partial charge in [-0.3, -0.25) is 4.99 Å². The molecule has 150 valence electrons. The number of nitrogens with zero attached hydrogens (tertiary/aromatic N) is 2. The summed E-state index contributed by atoms with van der Waals surface area (Å²) in [6.07, 6.45) is 0.708. The third kappa shape index (κ3) is 4.56. The summed E-state index contributed by atoms with van der Waals surface area (Å²) >= 11 is 0. The van der Waals surface area contributed by atoms with Gasteiger partial charge in [-0.25, -0.2) is 13.2 Å². The zero-order chi connectivity index (χ0) is 20.1. The molecule has 1 heterocycles. The Kier molecular flexibility index (Phi) is 6.41. The highest BCUT2D eigenvalue weighted by molar-refractivity contribution is 5.80. The van der Waals surface area contributed by atoms with Crippen LogP contribution in [-0.4, -0.2) is 37.2 Å². The lowest BCUT2D eigenvalue weighted by Crippen LogP contribution is -2.44.